The quantitative estimate of drug-likeness (QED) is 0.389. The maximum atomic E-state index is 13.6. The summed E-state index contributed by atoms with van der Waals surface area (Å²) >= 11 is 12.8. The van der Waals surface area contributed by atoms with E-state index < -0.39 is 6.04 Å². The minimum absolute atomic E-state index is 0.0266. The molecule has 0 saturated carbocycles. The highest BCUT2D eigenvalue weighted by Gasteiger charge is 2.37. The highest BCUT2D eigenvalue weighted by atomic mass is 35.5. The highest BCUT2D eigenvalue weighted by Crippen LogP contribution is 2.47. The van der Waals surface area contributed by atoms with Crippen LogP contribution in [0.25, 0.3) is 0 Å². The number of anilines is 2. The lowest BCUT2D eigenvalue weighted by molar-refractivity contribution is -0.116. The molecule has 1 heterocycles. The van der Waals surface area contributed by atoms with Crippen molar-refractivity contribution in [2.75, 3.05) is 17.7 Å². The first-order valence-corrected chi connectivity index (χ1v) is 11.4. The van der Waals surface area contributed by atoms with Crippen molar-refractivity contribution in [1.29, 1.82) is 0 Å². The number of Topliss-reactive ketones (excluding diaryl/α,β-unsaturated/α-hetero) is 1. The van der Waals surface area contributed by atoms with E-state index in [0.29, 0.717) is 23.4 Å². The van der Waals surface area contributed by atoms with Crippen LogP contribution in [-0.2, 0) is 4.79 Å². The molecule has 2 atom stereocenters. The van der Waals surface area contributed by atoms with E-state index in [1.54, 1.807) is 12.1 Å². The predicted molar refractivity (Wildman–Crippen MR) is 132 cm³/mol. The predicted octanol–water partition coefficient (Wildman–Crippen LogP) is 6.69. The number of hydrogen-bond acceptors (Lipinski definition) is 5. The Hall–Kier alpha value is -3.15. The first kappa shape index (κ1) is 21.7. The number of fused-ring (bicyclic) bond motifs is 1. The zero-order valence-electron chi connectivity index (χ0n) is 17.9. The summed E-state index contributed by atoms with van der Waals surface area (Å²) in [5.74, 6) is 0.130. The summed E-state index contributed by atoms with van der Waals surface area (Å²) in [6.07, 6.45) is 0.988. The maximum Gasteiger partial charge on any atom is 0.176 e. The van der Waals surface area contributed by atoms with Crippen molar-refractivity contribution in [3.63, 3.8) is 0 Å². The normalized spacial score (nSPS) is 19.7. The molecule has 3 aromatic carbocycles. The van der Waals surface area contributed by atoms with Gasteiger partial charge < -0.3 is 20.5 Å². The van der Waals surface area contributed by atoms with Gasteiger partial charge in [-0.1, -0.05) is 53.5 Å². The SMILES string of the molecule is COc1cc([C@H]2Nc3ccccc3NC3=C2C(=O)C[C@@H](c2ccccc2Cl)C3)cc(Cl)c1O. The molecule has 0 amide bonds. The number of ether oxygens (including phenoxy) is 1. The van der Waals surface area contributed by atoms with Crippen LogP contribution in [0.3, 0.4) is 0 Å². The number of nitrogens with one attached hydrogen (secondary N) is 2. The molecule has 5 nitrogen and oxygen atoms in total. The first-order valence-electron chi connectivity index (χ1n) is 10.7. The Labute approximate surface area is 202 Å². The summed E-state index contributed by atoms with van der Waals surface area (Å²) in [5, 5.41) is 18.1. The summed E-state index contributed by atoms with van der Waals surface area (Å²) in [5.41, 5.74) is 4.95. The third-order valence-electron chi connectivity index (χ3n) is 6.26. The van der Waals surface area contributed by atoms with Crippen LogP contribution in [0.1, 0.15) is 35.9 Å². The molecule has 33 heavy (non-hydrogen) atoms. The molecular formula is C26H22Cl2N2O3. The number of ketones is 1. The van der Waals surface area contributed by atoms with Gasteiger partial charge in [0.1, 0.15) is 0 Å². The molecule has 0 spiro atoms. The Kier molecular flexibility index (Phi) is 5.69. The van der Waals surface area contributed by atoms with Crippen LogP contribution in [-0.4, -0.2) is 18.0 Å². The number of carbonyl (C=O) groups is 1. The van der Waals surface area contributed by atoms with E-state index in [0.717, 1.165) is 28.2 Å². The van der Waals surface area contributed by atoms with Gasteiger partial charge in [0.15, 0.2) is 17.3 Å². The number of phenols is 1. The Bertz CT molecular complexity index is 1290. The third-order valence-corrected chi connectivity index (χ3v) is 6.89. The van der Waals surface area contributed by atoms with E-state index in [-0.39, 0.29) is 28.2 Å². The lowest BCUT2D eigenvalue weighted by Crippen LogP contribution is -2.27. The van der Waals surface area contributed by atoms with Crippen molar-refractivity contribution < 1.29 is 14.6 Å². The number of allylic oxidation sites excluding steroid dienone is 1. The topological polar surface area (TPSA) is 70.6 Å². The molecule has 0 radical (unpaired) electrons. The molecule has 0 bridgehead atoms. The van der Waals surface area contributed by atoms with Gasteiger partial charge in [0.05, 0.1) is 29.5 Å². The molecule has 3 N–H and O–H groups in total. The molecule has 0 fully saturated rings. The molecule has 168 valence electrons. The summed E-state index contributed by atoms with van der Waals surface area (Å²) < 4.78 is 5.32. The minimum atomic E-state index is -0.470. The van der Waals surface area contributed by atoms with Gasteiger partial charge in [0.2, 0.25) is 0 Å². The van der Waals surface area contributed by atoms with Gasteiger partial charge in [-0.15, -0.1) is 0 Å². The van der Waals surface area contributed by atoms with Crippen LogP contribution in [0.2, 0.25) is 10.0 Å². The Morgan fingerprint density at radius 2 is 1.70 bits per heavy atom. The molecule has 1 aliphatic carbocycles. The summed E-state index contributed by atoms with van der Waals surface area (Å²) in [6.45, 7) is 0. The second kappa shape index (κ2) is 8.65. The van der Waals surface area contributed by atoms with Gasteiger partial charge in [-0.2, -0.15) is 0 Å². The standard InChI is InChI=1S/C26H22Cl2N2O3/c1-33-23-13-15(10-18(28)26(23)32)25-24-21(29-19-8-4-5-9-20(19)30-25)11-14(12-22(24)31)16-6-2-3-7-17(16)27/h2-10,13-14,25,29-30,32H,11-12H2,1H3/t14-,25+/m0/s1. The number of carbonyl (C=O) groups excluding carboxylic acids is 1. The number of aromatic hydroxyl groups is 1. The summed E-state index contributed by atoms with van der Waals surface area (Å²) in [6, 6.07) is 18.4. The molecule has 3 aromatic rings. The van der Waals surface area contributed by atoms with Gasteiger partial charge in [0, 0.05) is 22.7 Å². The Morgan fingerprint density at radius 3 is 2.45 bits per heavy atom. The van der Waals surface area contributed by atoms with Gasteiger partial charge in [0.25, 0.3) is 0 Å². The first-order chi connectivity index (χ1) is 16.0. The number of hydrogen-bond donors (Lipinski definition) is 3. The fourth-order valence-corrected chi connectivity index (χ4v) is 5.19. The van der Waals surface area contributed by atoms with Crippen LogP contribution in [0.4, 0.5) is 11.4 Å². The van der Waals surface area contributed by atoms with Crippen LogP contribution in [0, 0.1) is 0 Å². The molecule has 5 rings (SSSR count). The fraction of sp³-hybridized carbons (Fsp3) is 0.192. The Balaban J connectivity index is 1.65. The van der Waals surface area contributed by atoms with Crippen LogP contribution in [0.15, 0.2) is 71.9 Å². The third kappa shape index (κ3) is 3.92. The molecule has 0 saturated heterocycles. The number of para-hydroxylation sites is 2. The van der Waals surface area contributed by atoms with Gasteiger partial charge >= 0.3 is 0 Å². The minimum Gasteiger partial charge on any atom is -0.503 e. The van der Waals surface area contributed by atoms with Crippen LogP contribution >= 0.6 is 23.2 Å². The van der Waals surface area contributed by atoms with Crippen molar-refractivity contribution in [2.24, 2.45) is 0 Å². The average molecular weight is 481 g/mol. The molecule has 1 aliphatic heterocycles. The van der Waals surface area contributed by atoms with Crippen molar-refractivity contribution >= 4 is 40.4 Å². The number of benzene rings is 3. The van der Waals surface area contributed by atoms with E-state index >= 15 is 0 Å². The van der Waals surface area contributed by atoms with Crippen LogP contribution in [0.5, 0.6) is 11.5 Å². The van der Waals surface area contributed by atoms with E-state index in [1.165, 1.54) is 7.11 Å². The summed E-state index contributed by atoms with van der Waals surface area (Å²) in [7, 11) is 1.47. The van der Waals surface area contributed by atoms with E-state index in [4.69, 9.17) is 27.9 Å². The number of rotatable bonds is 3. The Morgan fingerprint density at radius 1 is 0.970 bits per heavy atom. The van der Waals surface area contributed by atoms with E-state index in [9.17, 15) is 9.90 Å². The zero-order chi connectivity index (χ0) is 23.1. The van der Waals surface area contributed by atoms with Crippen LogP contribution < -0.4 is 15.4 Å². The van der Waals surface area contributed by atoms with E-state index in [1.807, 2.05) is 48.5 Å². The maximum absolute atomic E-state index is 13.6. The smallest absolute Gasteiger partial charge is 0.176 e. The number of phenolic OH excluding ortho intramolecular Hbond substituents is 1. The van der Waals surface area contributed by atoms with Gasteiger partial charge in [-0.05, 0) is 53.8 Å². The largest absolute Gasteiger partial charge is 0.503 e. The molecule has 2 aliphatic rings. The summed E-state index contributed by atoms with van der Waals surface area (Å²) in [4.78, 5) is 13.6. The number of halogens is 2. The second-order valence-corrected chi connectivity index (χ2v) is 9.06. The second-order valence-electron chi connectivity index (χ2n) is 8.24. The van der Waals surface area contributed by atoms with Gasteiger partial charge in [-0.25, -0.2) is 0 Å². The van der Waals surface area contributed by atoms with E-state index in [2.05, 4.69) is 10.6 Å². The average Bonchev–Trinajstić information content (AvgIpc) is 2.98. The van der Waals surface area contributed by atoms with Crippen molar-refractivity contribution in [3.8, 4) is 11.5 Å². The van der Waals surface area contributed by atoms with Crippen molar-refractivity contribution in [3.05, 3.63) is 93.1 Å². The molecule has 7 heteroatoms. The lowest BCUT2D eigenvalue weighted by Gasteiger charge is -2.30. The zero-order valence-corrected chi connectivity index (χ0v) is 19.4. The molecule has 0 aromatic heterocycles. The fourth-order valence-electron chi connectivity index (χ4n) is 4.68. The lowest BCUT2D eigenvalue weighted by atomic mass is 9.78. The van der Waals surface area contributed by atoms with Crippen molar-refractivity contribution in [2.45, 2.75) is 24.8 Å². The number of methoxy groups -OCH3 is 1. The van der Waals surface area contributed by atoms with Crippen molar-refractivity contribution in [1.82, 2.24) is 0 Å². The molecular weight excluding hydrogens is 459 g/mol. The highest BCUT2D eigenvalue weighted by molar-refractivity contribution is 6.32. The van der Waals surface area contributed by atoms with Gasteiger partial charge in [-0.3, -0.25) is 4.79 Å². The monoisotopic (exact) mass is 480 g/mol. The molecule has 0 unspecified atom stereocenters.